The van der Waals surface area contributed by atoms with E-state index in [4.69, 9.17) is 11.5 Å². The number of nitrogens with two attached hydrogens (primary N) is 2. The number of primary amides is 2. The van der Waals surface area contributed by atoms with Crippen molar-refractivity contribution >= 4 is 17.7 Å². The summed E-state index contributed by atoms with van der Waals surface area (Å²) in [7, 11) is 0. The predicted molar refractivity (Wildman–Crippen MR) is 85.7 cm³/mol. The Labute approximate surface area is 135 Å². The highest BCUT2D eigenvalue weighted by Crippen LogP contribution is 2.32. The van der Waals surface area contributed by atoms with Crippen LogP contribution < -0.4 is 16.8 Å². The summed E-state index contributed by atoms with van der Waals surface area (Å²) in [5.41, 5.74) is 12.5. The molecule has 2 rings (SSSR count). The van der Waals surface area contributed by atoms with Gasteiger partial charge in [0.05, 0.1) is 5.56 Å². The lowest BCUT2D eigenvalue weighted by Gasteiger charge is -2.26. The minimum absolute atomic E-state index is 0.397. The maximum atomic E-state index is 12.4. The molecule has 1 aromatic rings. The molecule has 23 heavy (non-hydrogen) atoms. The van der Waals surface area contributed by atoms with E-state index in [9.17, 15) is 14.4 Å². The fraction of sp³-hybridized carbons (Fsp3) is 0.562. The van der Waals surface area contributed by atoms with Gasteiger partial charge in [0, 0.05) is 17.4 Å². The first-order valence-corrected chi connectivity index (χ1v) is 7.91. The van der Waals surface area contributed by atoms with Gasteiger partial charge in [-0.25, -0.2) is 0 Å². The van der Waals surface area contributed by atoms with Crippen LogP contribution in [0.5, 0.6) is 0 Å². The van der Waals surface area contributed by atoms with Crippen molar-refractivity contribution in [2.75, 3.05) is 0 Å². The van der Waals surface area contributed by atoms with Gasteiger partial charge >= 0.3 is 0 Å². The molecule has 1 heterocycles. The van der Waals surface area contributed by atoms with Crippen molar-refractivity contribution in [2.45, 2.75) is 58.0 Å². The molecule has 0 radical (unpaired) electrons. The van der Waals surface area contributed by atoms with Gasteiger partial charge in [-0.15, -0.1) is 0 Å². The molecule has 3 amide bonds. The summed E-state index contributed by atoms with van der Waals surface area (Å²) in [6, 6.07) is 0.673. The standard InChI is InChI=1S/C16H24N4O3/c1-9-8-12(16(23)19-13(14(17)21)15(18)22)10(2)20(9)11-6-4-3-5-7-11/h8,11,13H,3-7H2,1-2H3,(H2,17,21)(H2,18,22)(H,19,23). The van der Waals surface area contributed by atoms with Crippen molar-refractivity contribution < 1.29 is 14.4 Å². The second kappa shape index (κ2) is 6.85. The van der Waals surface area contributed by atoms with E-state index in [1.165, 1.54) is 19.3 Å². The van der Waals surface area contributed by atoms with Gasteiger partial charge in [-0.05, 0) is 32.8 Å². The van der Waals surface area contributed by atoms with E-state index >= 15 is 0 Å². The van der Waals surface area contributed by atoms with Crippen molar-refractivity contribution in [3.05, 3.63) is 23.0 Å². The van der Waals surface area contributed by atoms with E-state index in [1.54, 1.807) is 6.07 Å². The summed E-state index contributed by atoms with van der Waals surface area (Å²) < 4.78 is 2.18. The van der Waals surface area contributed by atoms with Crippen LogP contribution in [0.3, 0.4) is 0 Å². The van der Waals surface area contributed by atoms with Crippen LogP contribution in [-0.2, 0) is 9.59 Å². The van der Waals surface area contributed by atoms with Gasteiger partial charge in [-0.2, -0.15) is 0 Å². The number of aryl methyl sites for hydroxylation is 1. The molecule has 1 aliphatic carbocycles. The molecular formula is C16H24N4O3. The molecule has 0 spiro atoms. The van der Waals surface area contributed by atoms with Crippen molar-refractivity contribution in [1.29, 1.82) is 0 Å². The van der Waals surface area contributed by atoms with Crippen molar-refractivity contribution in [2.24, 2.45) is 11.5 Å². The first-order valence-electron chi connectivity index (χ1n) is 7.91. The highest BCUT2D eigenvalue weighted by atomic mass is 16.2. The van der Waals surface area contributed by atoms with E-state index in [-0.39, 0.29) is 0 Å². The number of amides is 3. The second-order valence-electron chi connectivity index (χ2n) is 6.16. The van der Waals surface area contributed by atoms with Gasteiger partial charge < -0.3 is 21.4 Å². The van der Waals surface area contributed by atoms with Crippen LogP contribution in [0.2, 0.25) is 0 Å². The molecule has 1 fully saturated rings. The zero-order chi connectivity index (χ0) is 17.1. The average molecular weight is 320 g/mol. The number of hydrogen-bond donors (Lipinski definition) is 3. The summed E-state index contributed by atoms with van der Waals surface area (Å²) in [4.78, 5) is 34.8. The Morgan fingerprint density at radius 2 is 1.70 bits per heavy atom. The van der Waals surface area contributed by atoms with Crippen LogP contribution in [0.15, 0.2) is 6.07 Å². The molecular weight excluding hydrogens is 296 g/mol. The number of carbonyl (C=O) groups is 3. The van der Waals surface area contributed by atoms with E-state index < -0.39 is 23.8 Å². The van der Waals surface area contributed by atoms with Crippen molar-refractivity contribution in [3.8, 4) is 0 Å². The highest BCUT2D eigenvalue weighted by Gasteiger charge is 2.27. The number of carbonyl (C=O) groups excluding carboxylic acids is 3. The maximum Gasteiger partial charge on any atom is 0.254 e. The predicted octanol–water partition coefficient (Wildman–Crippen LogP) is 0.679. The maximum absolute atomic E-state index is 12.4. The number of nitrogens with zero attached hydrogens (tertiary/aromatic N) is 1. The topological polar surface area (TPSA) is 120 Å². The molecule has 7 heteroatoms. The Bertz CT molecular complexity index is 616. The Morgan fingerprint density at radius 1 is 1.13 bits per heavy atom. The third kappa shape index (κ3) is 3.55. The fourth-order valence-electron chi connectivity index (χ4n) is 3.40. The van der Waals surface area contributed by atoms with E-state index in [2.05, 4.69) is 9.88 Å². The minimum Gasteiger partial charge on any atom is -0.367 e. The lowest BCUT2D eigenvalue weighted by atomic mass is 9.95. The van der Waals surface area contributed by atoms with E-state index in [0.29, 0.717) is 11.6 Å². The second-order valence-corrected chi connectivity index (χ2v) is 6.16. The largest absolute Gasteiger partial charge is 0.367 e. The summed E-state index contributed by atoms with van der Waals surface area (Å²) >= 11 is 0. The Hall–Kier alpha value is -2.31. The number of rotatable bonds is 5. The van der Waals surface area contributed by atoms with Crippen LogP contribution in [0.4, 0.5) is 0 Å². The lowest BCUT2D eigenvalue weighted by Crippen LogP contribution is -2.52. The first-order chi connectivity index (χ1) is 10.8. The molecule has 0 atom stereocenters. The van der Waals surface area contributed by atoms with Gasteiger partial charge in [-0.1, -0.05) is 19.3 Å². The number of hydrogen-bond acceptors (Lipinski definition) is 3. The van der Waals surface area contributed by atoms with Crippen LogP contribution in [-0.4, -0.2) is 28.3 Å². The molecule has 5 N–H and O–H groups in total. The Balaban J connectivity index is 2.24. The molecule has 0 saturated heterocycles. The van der Waals surface area contributed by atoms with Gasteiger partial charge in [-0.3, -0.25) is 14.4 Å². The van der Waals surface area contributed by atoms with Crippen LogP contribution in [0.1, 0.15) is 59.9 Å². The molecule has 1 aromatic heterocycles. The lowest BCUT2D eigenvalue weighted by molar-refractivity contribution is -0.128. The summed E-state index contributed by atoms with van der Waals surface area (Å²) in [5, 5.41) is 2.32. The van der Waals surface area contributed by atoms with Gasteiger partial charge in [0.2, 0.25) is 11.8 Å². The minimum atomic E-state index is -1.50. The smallest absolute Gasteiger partial charge is 0.254 e. The Morgan fingerprint density at radius 3 is 2.22 bits per heavy atom. The number of aromatic nitrogens is 1. The van der Waals surface area contributed by atoms with Crippen LogP contribution in [0, 0.1) is 13.8 Å². The van der Waals surface area contributed by atoms with Crippen molar-refractivity contribution in [1.82, 2.24) is 9.88 Å². The molecule has 126 valence electrons. The quantitative estimate of drug-likeness (QED) is 0.692. The fourth-order valence-corrected chi connectivity index (χ4v) is 3.40. The summed E-state index contributed by atoms with van der Waals surface area (Å²) in [6.07, 6.45) is 5.83. The molecule has 7 nitrogen and oxygen atoms in total. The van der Waals surface area contributed by atoms with Gasteiger partial charge in [0.25, 0.3) is 5.91 Å². The van der Waals surface area contributed by atoms with Crippen LogP contribution in [0.25, 0.3) is 0 Å². The highest BCUT2D eigenvalue weighted by molar-refractivity contribution is 6.08. The normalized spacial score (nSPS) is 15.6. The molecule has 1 aliphatic rings. The van der Waals surface area contributed by atoms with Gasteiger partial charge in [0.15, 0.2) is 6.04 Å². The molecule has 0 aromatic carbocycles. The van der Waals surface area contributed by atoms with Crippen molar-refractivity contribution in [3.63, 3.8) is 0 Å². The zero-order valence-corrected chi connectivity index (χ0v) is 13.6. The molecule has 1 saturated carbocycles. The van der Waals surface area contributed by atoms with Crippen LogP contribution >= 0.6 is 0 Å². The summed E-state index contributed by atoms with van der Waals surface area (Å²) in [6.45, 7) is 3.83. The molecule has 0 aliphatic heterocycles. The zero-order valence-electron chi connectivity index (χ0n) is 13.6. The monoisotopic (exact) mass is 320 g/mol. The van der Waals surface area contributed by atoms with E-state index in [1.807, 2.05) is 13.8 Å². The van der Waals surface area contributed by atoms with Gasteiger partial charge in [0.1, 0.15) is 0 Å². The SMILES string of the molecule is Cc1cc(C(=O)NC(C(N)=O)C(N)=O)c(C)n1C1CCCCC1. The summed E-state index contributed by atoms with van der Waals surface area (Å²) in [5.74, 6) is -2.44. The third-order valence-corrected chi connectivity index (χ3v) is 4.51. The molecule has 0 unspecified atom stereocenters. The molecule has 0 bridgehead atoms. The average Bonchev–Trinajstić information content (AvgIpc) is 2.79. The Kier molecular flexibility index (Phi) is 5.08. The number of nitrogens with one attached hydrogen (secondary N) is 1. The van der Waals surface area contributed by atoms with E-state index in [0.717, 1.165) is 24.2 Å². The third-order valence-electron chi connectivity index (χ3n) is 4.51. The first kappa shape index (κ1) is 17.1.